The number of carbonyl (C=O) groups excluding carboxylic acids is 6. The first-order valence-corrected chi connectivity index (χ1v) is 24.0. The molecule has 0 aliphatic carbocycles. The normalized spacial score (nSPS) is 17.3. The number of anilines is 2. The van der Waals surface area contributed by atoms with Gasteiger partial charge in [-0.25, -0.2) is 0 Å². The molecule has 0 saturated carbocycles. The van der Waals surface area contributed by atoms with Crippen LogP contribution >= 0.6 is 46.4 Å². The van der Waals surface area contributed by atoms with Gasteiger partial charge in [0.15, 0.2) is 0 Å². The van der Waals surface area contributed by atoms with Gasteiger partial charge in [-0.1, -0.05) is 37.1 Å². The number of nitrogens with zero attached hydrogens (tertiary/aromatic N) is 4. The van der Waals surface area contributed by atoms with Crippen LogP contribution in [0.25, 0.3) is 0 Å². The van der Waals surface area contributed by atoms with Crippen LogP contribution in [0.5, 0.6) is 0 Å². The Kier molecular flexibility index (Phi) is 23.4. The van der Waals surface area contributed by atoms with Crippen molar-refractivity contribution < 1.29 is 38.2 Å². The molecular formula is C44H62Cl4N8O8. The minimum atomic E-state index is -0.910. The number of halogens is 4. The number of esters is 2. The predicted molar refractivity (Wildman–Crippen MR) is 250 cm³/mol. The third-order valence-electron chi connectivity index (χ3n) is 11.0. The van der Waals surface area contributed by atoms with E-state index in [0.29, 0.717) is 62.8 Å². The van der Waals surface area contributed by atoms with Crippen molar-refractivity contribution in [2.45, 2.75) is 75.5 Å². The van der Waals surface area contributed by atoms with Crippen molar-refractivity contribution in [3.05, 3.63) is 59.7 Å². The van der Waals surface area contributed by atoms with Crippen molar-refractivity contribution in [2.24, 2.45) is 11.5 Å². The molecule has 64 heavy (non-hydrogen) atoms. The lowest BCUT2D eigenvalue weighted by Crippen LogP contribution is -2.41. The predicted octanol–water partition coefficient (Wildman–Crippen LogP) is 2.78. The molecule has 354 valence electrons. The van der Waals surface area contributed by atoms with E-state index in [1.54, 1.807) is 0 Å². The van der Waals surface area contributed by atoms with Crippen molar-refractivity contribution in [1.29, 1.82) is 0 Å². The summed E-state index contributed by atoms with van der Waals surface area (Å²) < 4.78 is 10.6. The molecule has 2 aliphatic heterocycles. The number of alkyl halides is 4. The second-order valence-electron chi connectivity index (χ2n) is 15.6. The third-order valence-corrected chi connectivity index (χ3v) is 11.7. The van der Waals surface area contributed by atoms with Crippen molar-refractivity contribution >= 4 is 93.3 Å². The second-order valence-corrected chi connectivity index (χ2v) is 17.1. The summed E-state index contributed by atoms with van der Waals surface area (Å²) in [4.78, 5) is 82.5. The highest BCUT2D eigenvalue weighted by atomic mass is 35.5. The van der Waals surface area contributed by atoms with Gasteiger partial charge in [-0.2, -0.15) is 0 Å². The minimum Gasteiger partial charge on any atom is -0.463 e. The molecule has 4 amide bonds. The summed E-state index contributed by atoms with van der Waals surface area (Å²) in [5.41, 5.74) is 15.8. The van der Waals surface area contributed by atoms with E-state index in [-0.39, 0.29) is 75.6 Å². The van der Waals surface area contributed by atoms with Crippen LogP contribution < -0.4 is 31.9 Å². The minimum absolute atomic E-state index is 0.0291. The summed E-state index contributed by atoms with van der Waals surface area (Å²) in [5, 5.41) is 6.32. The molecule has 2 aliphatic rings. The Morgan fingerprint density at radius 3 is 1.27 bits per heavy atom. The lowest BCUT2D eigenvalue weighted by molar-refractivity contribution is -0.149. The number of imide groups is 2. The van der Waals surface area contributed by atoms with Crippen LogP contribution in [0.1, 0.15) is 49.7 Å². The van der Waals surface area contributed by atoms with E-state index in [2.05, 4.69) is 20.4 Å². The molecule has 4 rings (SSSR count). The zero-order chi connectivity index (χ0) is 46.4. The Labute approximate surface area is 395 Å². The Hall–Kier alpha value is -3.74. The summed E-state index contributed by atoms with van der Waals surface area (Å²) in [6, 6.07) is 12.2. The molecule has 0 aromatic heterocycles. The maximum Gasteiger partial charge on any atom is 0.323 e. The number of benzene rings is 2. The molecule has 2 heterocycles. The second kappa shape index (κ2) is 28.3. The average molecular weight is 973 g/mol. The number of unbranched alkanes of at least 4 members (excludes halogenated alkanes) is 3. The van der Waals surface area contributed by atoms with Gasteiger partial charge in [-0.05, 0) is 74.2 Å². The van der Waals surface area contributed by atoms with Crippen LogP contribution in [0.4, 0.5) is 11.4 Å². The largest absolute Gasteiger partial charge is 0.463 e. The maximum absolute atomic E-state index is 12.9. The first-order valence-electron chi connectivity index (χ1n) is 21.8. The molecule has 2 unspecified atom stereocenters. The Morgan fingerprint density at radius 1 is 0.594 bits per heavy atom. The van der Waals surface area contributed by atoms with Crippen LogP contribution in [0.15, 0.2) is 48.5 Å². The summed E-state index contributed by atoms with van der Waals surface area (Å²) >= 11 is 23.6. The van der Waals surface area contributed by atoms with E-state index in [4.69, 9.17) is 67.3 Å². The fourth-order valence-corrected chi connectivity index (χ4v) is 8.32. The van der Waals surface area contributed by atoms with E-state index < -0.39 is 36.1 Å². The van der Waals surface area contributed by atoms with Crippen molar-refractivity contribution in [3.8, 4) is 0 Å². The summed E-state index contributed by atoms with van der Waals surface area (Å²) in [7, 11) is 0. The molecule has 2 fully saturated rings. The van der Waals surface area contributed by atoms with Gasteiger partial charge in [0.1, 0.15) is 25.3 Å². The van der Waals surface area contributed by atoms with Gasteiger partial charge < -0.3 is 41.4 Å². The van der Waals surface area contributed by atoms with Crippen LogP contribution in [-0.2, 0) is 51.1 Å². The molecule has 0 radical (unpaired) electrons. The Balaban J connectivity index is 1.03. The fourth-order valence-electron chi connectivity index (χ4n) is 7.51. The standard InChI is InChI=1S/C44H62Cl4N8O8/c45-13-19-53(20-14-46)33-9-5-31(6-10-33)27-35(49)43(61)63-25-23-55-39(57)29-37(41(55)59)51-17-3-1-2-4-18-52-38-30-40(58)56(42(38)60)24-26-64-44(62)36(50)28-32-7-11-34(12-8-32)54(21-15-47)22-16-48/h5-12,35-38,51-52H,1-4,13-30,49-50H2/t35-,36-,37?,38?/m0/s1. The molecule has 16 nitrogen and oxygen atoms in total. The smallest absolute Gasteiger partial charge is 0.323 e. The fraction of sp³-hybridized carbons (Fsp3) is 0.591. The van der Waals surface area contributed by atoms with Gasteiger partial charge >= 0.3 is 11.9 Å². The molecule has 4 atom stereocenters. The highest BCUT2D eigenvalue weighted by molar-refractivity contribution is 6.19. The molecule has 2 saturated heterocycles. The lowest BCUT2D eigenvalue weighted by atomic mass is 10.1. The number of hydrogen-bond acceptors (Lipinski definition) is 14. The van der Waals surface area contributed by atoms with Gasteiger partial charge in [0, 0.05) is 61.1 Å². The van der Waals surface area contributed by atoms with Crippen molar-refractivity contribution in [3.63, 3.8) is 0 Å². The molecule has 20 heteroatoms. The number of ether oxygens (including phenoxy) is 2. The number of nitrogens with one attached hydrogen (secondary N) is 2. The molecule has 0 spiro atoms. The highest BCUT2D eigenvalue weighted by Gasteiger charge is 2.39. The number of rotatable bonds is 31. The Morgan fingerprint density at radius 2 is 0.938 bits per heavy atom. The summed E-state index contributed by atoms with van der Waals surface area (Å²) in [6.07, 6.45) is 3.80. The number of carbonyl (C=O) groups is 6. The molecule has 2 aromatic carbocycles. The lowest BCUT2D eigenvalue weighted by Gasteiger charge is -2.23. The van der Waals surface area contributed by atoms with Gasteiger partial charge in [-0.3, -0.25) is 38.6 Å². The highest BCUT2D eigenvalue weighted by Crippen LogP contribution is 2.19. The third kappa shape index (κ3) is 16.6. The number of likely N-dealkylation sites (tertiary alicyclic amines) is 2. The number of amides is 4. The molecule has 6 N–H and O–H groups in total. The van der Waals surface area contributed by atoms with E-state index in [1.165, 1.54) is 0 Å². The van der Waals surface area contributed by atoms with E-state index >= 15 is 0 Å². The van der Waals surface area contributed by atoms with Gasteiger partial charge in [0.2, 0.25) is 23.6 Å². The van der Waals surface area contributed by atoms with Crippen LogP contribution in [-0.4, -0.2) is 159 Å². The quantitative estimate of drug-likeness (QED) is 0.0371. The SMILES string of the molecule is N[C@@H](Cc1ccc(N(CCCl)CCCl)cc1)C(=O)OCCN1C(=O)CC(NCCCCCCNC2CC(=O)N(CCOC(=O)[C@@H](N)Cc3ccc(N(CCCl)CCCl)cc3)C2=O)C1=O. The van der Waals surface area contributed by atoms with E-state index in [0.717, 1.165) is 58.0 Å². The van der Waals surface area contributed by atoms with Crippen molar-refractivity contribution in [2.75, 3.05) is 98.9 Å². The molecule has 0 bridgehead atoms. The van der Waals surface area contributed by atoms with Crippen LogP contribution in [0, 0.1) is 0 Å². The Bertz CT molecular complexity index is 1670. The monoisotopic (exact) mass is 970 g/mol. The summed E-state index contributed by atoms with van der Waals surface area (Å²) in [6.45, 7) is 3.29. The topological polar surface area (TPSA) is 210 Å². The summed E-state index contributed by atoms with van der Waals surface area (Å²) in [5.74, 6) is -0.746. The van der Waals surface area contributed by atoms with Crippen molar-refractivity contribution in [1.82, 2.24) is 20.4 Å². The molecular weight excluding hydrogens is 910 g/mol. The number of hydrogen-bond donors (Lipinski definition) is 4. The van der Waals surface area contributed by atoms with Gasteiger partial charge in [-0.15, -0.1) is 46.4 Å². The zero-order valence-electron chi connectivity index (χ0n) is 36.2. The first-order chi connectivity index (χ1) is 30.9. The average Bonchev–Trinajstić information content (AvgIpc) is 3.71. The first kappa shape index (κ1) is 52.9. The number of nitrogens with two attached hydrogens (primary N) is 2. The van der Waals surface area contributed by atoms with E-state index in [9.17, 15) is 28.8 Å². The van der Waals surface area contributed by atoms with Crippen LogP contribution in [0.3, 0.4) is 0 Å². The molecule has 2 aromatic rings. The maximum atomic E-state index is 12.9. The van der Waals surface area contributed by atoms with Crippen LogP contribution in [0.2, 0.25) is 0 Å². The van der Waals surface area contributed by atoms with Gasteiger partial charge in [0.05, 0.1) is 38.0 Å². The van der Waals surface area contributed by atoms with E-state index in [1.807, 2.05) is 48.5 Å². The zero-order valence-corrected chi connectivity index (χ0v) is 39.2. The van der Waals surface area contributed by atoms with Gasteiger partial charge in [0.25, 0.3) is 0 Å².